The summed E-state index contributed by atoms with van der Waals surface area (Å²) in [5.74, 6) is 0.583. The van der Waals surface area contributed by atoms with Crippen molar-refractivity contribution in [1.82, 2.24) is 14.5 Å². The Hall–Kier alpha value is -2.95. The van der Waals surface area contributed by atoms with Gasteiger partial charge in [0, 0.05) is 18.7 Å². The second kappa shape index (κ2) is 9.04. The molecule has 1 aromatic heterocycles. The third-order valence-corrected chi connectivity index (χ3v) is 5.77. The third-order valence-electron chi connectivity index (χ3n) is 5.77. The number of hydrogen-bond donors (Lipinski definition) is 0. The van der Waals surface area contributed by atoms with Crippen molar-refractivity contribution in [3.63, 3.8) is 0 Å². The van der Waals surface area contributed by atoms with Gasteiger partial charge in [0.2, 0.25) is 0 Å². The smallest absolute Gasteiger partial charge is 0.261 e. The van der Waals surface area contributed by atoms with Gasteiger partial charge in [-0.05, 0) is 55.5 Å². The van der Waals surface area contributed by atoms with Crippen molar-refractivity contribution in [2.75, 3.05) is 6.54 Å². The zero-order valence-corrected chi connectivity index (χ0v) is 19.5. The van der Waals surface area contributed by atoms with Gasteiger partial charge >= 0.3 is 0 Å². The molecule has 0 saturated carbocycles. The number of nitrogens with zero attached hydrogens (tertiary/aromatic N) is 3. The Morgan fingerprint density at radius 1 is 1.06 bits per heavy atom. The van der Waals surface area contributed by atoms with E-state index in [2.05, 4.69) is 27.7 Å². The van der Waals surface area contributed by atoms with Crippen LogP contribution in [0.15, 0.2) is 53.3 Å². The van der Waals surface area contributed by atoms with Crippen LogP contribution in [0.25, 0.3) is 10.9 Å². The van der Waals surface area contributed by atoms with Gasteiger partial charge in [0.25, 0.3) is 11.5 Å². The Kier molecular flexibility index (Phi) is 6.63. The molecule has 1 atom stereocenters. The van der Waals surface area contributed by atoms with E-state index in [-0.39, 0.29) is 22.9 Å². The van der Waals surface area contributed by atoms with Crippen LogP contribution >= 0.6 is 0 Å². The predicted molar refractivity (Wildman–Crippen MR) is 127 cm³/mol. The first-order valence-corrected chi connectivity index (χ1v) is 11.1. The molecule has 5 nitrogen and oxygen atoms in total. The number of carbonyl (C=O) groups is 1. The highest BCUT2D eigenvalue weighted by molar-refractivity contribution is 5.94. The van der Waals surface area contributed by atoms with Gasteiger partial charge in [0.1, 0.15) is 5.82 Å². The van der Waals surface area contributed by atoms with Crippen LogP contribution in [0.3, 0.4) is 0 Å². The topological polar surface area (TPSA) is 55.2 Å². The van der Waals surface area contributed by atoms with Gasteiger partial charge in [-0.3, -0.25) is 14.2 Å². The molecule has 0 bridgehead atoms. The molecular formula is C26H33N3O2. The van der Waals surface area contributed by atoms with Crippen LogP contribution in [-0.2, 0) is 12.0 Å². The molecule has 0 aliphatic rings. The summed E-state index contributed by atoms with van der Waals surface area (Å²) in [6, 6.07) is 14.9. The fourth-order valence-corrected chi connectivity index (χ4v) is 3.94. The summed E-state index contributed by atoms with van der Waals surface area (Å²) in [7, 11) is 0. The molecule has 3 aromatic rings. The SMILES string of the molecule is CCCN(C(=O)c1ccc(C(C)(C)C)cc1)C(C)c1nc2ccccc2c(=O)n1CC. The summed E-state index contributed by atoms with van der Waals surface area (Å²) in [5, 5.41) is 0.603. The summed E-state index contributed by atoms with van der Waals surface area (Å²) in [4.78, 5) is 33.2. The highest BCUT2D eigenvalue weighted by Gasteiger charge is 2.26. The zero-order valence-electron chi connectivity index (χ0n) is 19.5. The van der Waals surface area contributed by atoms with E-state index in [9.17, 15) is 9.59 Å². The van der Waals surface area contributed by atoms with Crippen molar-refractivity contribution >= 4 is 16.8 Å². The maximum atomic E-state index is 13.5. The molecule has 1 heterocycles. The molecule has 0 saturated heterocycles. The first kappa shape index (κ1) is 22.7. The van der Waals surface area contributed by atoms with Gasteiger partial charge in [-0.15, -0.1) is 0 Å². The summed E-state index contributed by atoms with van der Waals surface area (Å²) < 4.78 is 1.69. The second-order valence-electron chi connectivity index (χ2n) is 9.04. The maximum Gasteiger partial charge on any atom is 0.261 e. The van der Waals surface area contributed by atoms with Gasteiger partial charge in [0.15, 0.2) is 0 Å². The van der Waals surface area contributed by atoms with E-state index < -0.39 is 0 Å². The van der Waals surface area contributed by atoms with E-state index in [0.717, 1.165) is 6.42 Å². The molecule has 0 radical (unpaired) electrons. The van der Waals surface area contributed by atoms with Crippen molar-refractivity contribution in [3.8, 4) is 0 Å². The fraction of sp³-hybridized carbons (Fsp3) is 0.423. The van der Waals surface area contributed by atoms with Gasteiger partial charge in [0.05, 0.1) is 16.9 Å². The molecular weight excluding hydrogens is 386 g/mol. The van der Waals surface area contributed by atoms with E-state index in [4.69, 9.17) is 4.98 Å². The van der Waals surface area contributed by atoms with Gasteiger partial charge < -0.3 is 4.90 Å². The number of benzene rings is 2. The largest absolute Gasteiger partial charge is 0.329 e. The zero-order chi connectivity index (χ0) is 22.8. The van der Waals surface area contributed by atoms with Crippen LogP contribution < -0.4 is 5.56 Å². The Labute approximate surface area is 184 Å². The molecule has 31 heavy (non-hydrogen) atoms. The minimum atomic E-state index is -0.327. The average Bonchev–Trinajstić information content (AvgIpc) is 2.76. The van der Waals surface area contributed by atoms with Crippen molar-refractivity contribution < 1.29 is 4.79 Å². The highest BCUT2D eigenvalue weighted by Crippen LogP contribution is 2.25. The number of hydrogen-bond acceptors (Lipinski definition) is 3. The van der Waals surface area contributed by atoms with E-state index in [1.165, 1.54) is 5.56 Å². The molecule has 0 aliphatic carbocycles. The van der Waals surface area contributed by atoms with E-state index in [1.54, 1.807) is 10.6 Å². The van der Waals surface area contributed by atoms with E-state index >= 15 is 0 Å². The van der Waals surface area contributed by atoms with Crippen LogP contribution in [0.4, 0.5) is 0 Å². The Balaban J connectivity index is 2.03. The van der Waals surface area contributed by atoms with Crippen molar-refractivity contribution in [3.05, 3.63) is 75.8 Å². The monoisotopic (exact) mass is 419 g/mol. The predicted octanol–water partition coefficient (Wildman–Crippen LogP) is 5.33. The quantitative estimate of drug-likeness (QED) is 0.543. The Morgan fingerprint density at radius 3 is 2.29 bits per heavy atom. The highest BCUT2D eigenvalue weighted by atomic mass is 16.2. The number of para-hydroxylation sites is 1. The van der Waals surface area contributed by atoms with E-state index in [0.29, 0.717) is 35.4 Å². The van der Waals surface area contributed by atoms with E-state index in [1.807, 2.05) is 61.2 Å². The molecule has 2 aromatic carbocycles. The minimum absolute atomic E-state index is 0.0319. The third kappa shape index (κ3) is 4.55. The van der Waals surface area contributed by atoms with Gasteiger partial charge in [-0.1, -0.05) is 52.0 Å². The van der Waals surface area contributed by atoms with Crippen molar-refractivity contribution in [1.29, 1.82) is 0 Å². The maximum absolute atomic E-state index is 13.5. The van der Waals surface area contributed by atoms with Crippen LogP contribution in [0.1, 0.15) is 75.8 Å². The average molecular weight is 420 g/mol. The first-order valence-electron chi connectivity index (χ1n) is 11.1. The van der Waals surface area contributed by atoms with Crippen molar-refractivity contribution in [2.24, 2.45) is 0 Å². The lowest BCUT2D eigenvalue weighted by Crippen LogP contribution is -2.38. The minimum Gasteiger partial charge on any atom is -0.329 e. The lowest BCUT2D eigenvalue weighted by Gasteiger charge is -2.30. The lowest BCUT2D eigenvalue weighted by atomic mass is 9.86. The summed E-state index contributed by atoms with van der Waals surface area (Å²) in [6.07, 6.45) is 0.820. The number of fused-ring (bicyclic) bond motifs is 1. The summed E-state index contributed by atoms with van der Waals surface area (Å²) >= 11 is 0. The lowest BCUT2D eigenvalue weighted by molar-refractivity contribution is 0.0679. The number of amides is 1. The molecule has 0 fully saturated rings. The normalized spacial score (nSPS) is 12.7. The number of aromatic nitrogens is 2. The molecule has 3 rings (SSSR count). The Morgan fingerprint density at radius 2 is 1.71 bits per heavy atom. The number of rotatable bonds is 6. The molecule has 164 valence electrons. The second-order valence-corrected chi connectivity index (χ2v) is 9.04. The van der Waals surface area contributed by atoms with Gasteiger partial charge in [-0.25, -0.2) is 4.98 Å². The molecule has 0 spiro atoms. The summed E-state index contributed by atoms with van der Waals surface area (Å²) in [5.41, 5.74) is 2.48. The molecule has 0 aliphatic heterocycles. The standard InChI is InChI=1S/C26H33N3O2/c1-7-17-29(24(30)19-13-15-20(16-14-19)26(4,5)6)18(3)23-27-22-12-10-9-11-21(22)25(31)28(23)8-2/h9-16,18H,7-8,17H2,1-6H3. The number of carbonyl (C=O) groups excluding carboxylic acids is 1. The van der Waals surface area contributed by atoms with Crippen LogP contribution in [0.2, 0.25) is 0 Å². The fourth-order valence-electron chi connectivity index (χ4n) is 3.94. The van der Waals surface area contributed by atoms with Crippen LogP contribution in [0, 0.1) is 0 Å². The molecule has 5 heteroatoms. The molecule has 1 unspecified atom stereocenters. The molecule has 0 N–H and O–H groups in total. The Bertz CT molecular complexity index is 1120. The van der Waals surface area contributed by atoms with Gasteiger partial charge in [-0.2, -0.15) is 0 Å². The van der Waals surface area contributed by atoms with Crippen LogP contribution in [-0.4, -0.2) is 26.9 Å². The van der Waals surface area contributed by atoms with Crippen molar-refractivity contribution in [2.45, 2.75) is 66.0 Å². The molecule has 1 amide bonds. The van der Waals surface area contributed by atoms with Crippen LogP contribution in [0.5, 0.6) is 0 Å². The first-order chi connectivity index (χ1) is 14.7. The summed E-state index contributed by atoms with van der Waals surface area (Å²) in [6.45, 7) is 13.5.